The van der Waals surface area contributed by atoms with E-state index < -0.39 is 0 Å². The molecule has 112 valence electrons. The summed E-state index contributed by atoms with van der Waals surface area (Å²) >= 11 is 12.1. The highest BCUT2D eigenvalue weighted by Gasteiger charge is 2.14. The number of ether oxygens (including phenoxy) is 2. The van der Waals surface area contributed by atoms with Crippen molar-refractivity contribution in [2.45, 2.75) is 19.4 Å². The van der Waals surface area contributed by atoms with E-state index in [1.165, 1.54) is 0 Å². The predicted molar refractivity (Wildman–Crippen MR) is 80.3 cm³/mol. The van der Waals surface area contributed by atoms with Crippen molar-refractivity contribution in [3.8, 4) is 0 Å². The Kier molecular flexibility index (Phi) is 7.92. The Morgan fingerprint density at radius 1 is 1.30 bits per heavy atom. The van der Waals surface area contributed by atoms with Gasteiger partial charge < -0.3 is 14.8 Å². The molecule has 0 radical (unpaired) electrons. The van der Waals surface area contributed by atoms with Gasteiger partial charge >= 0.3 is 0 Å². The Morgan fingerprint density at radius 2 is 2.05 bits per heavy atom. The maximum Gasteiger partial charge on any atom is 0.222 e. The number of halogens is 2. The van der Waals surface area contributed by atoms with Gasteiger partial charge in [0.1, 0.15) is 0 Å². The molecule has 0 aliphatic rings. The average molecular weight is 320 g/mol. The van der Waals surface area contributed by atoms with Gasteiger partial charge in [-0.2, -0.15) is 0 Å². The second-order valence-corrected chi connectivity index (χ2v) is 5.07. The summed E-state index contributed by atoms with van der Waals surface area (Å²) in [7, 11) is 1.60. The second kappa shape index (κ2) is 9.19. The first kappa shape index (κ1) is 17.2. The molecule has 1 aromatic rings. The van der Waals surface area contributed by atoms with Crippen LogP contribution in [-0.4, -0.2) is 32.8 Å². The SMILES string of the molecule is COCCOCCC(=O)N[C@@H](C)c1cccc(Cl)c1Cl. The van der Waals surface area contributed by atoms with Crippen LogP contribution >= 0.6 is 23.2 Å². The highest BCUT2D eigenvalue weighted by atomic mass is 35.5. The lowest BCUT2D eigenvalue weighted by Crippen LogP contribution is -2.27. The molecule has 0 saturated carbocycles. The van der Waals surface area contributed by atoms with Gasteiger partial charge in [0.05, 0.1) is 35.9 Å². The fourth-order valence-electron chi connectivity index (χ4n) is 1.66. The van der Waals surface area contributed by atoms with E-state index in [4.69, 9.17) is 32.7 Å². The van der Waals surface area contributed by atoms with Gasteiger partial charge in [-0.25, -0.2) is 0 Å². The minimum Gasteiger partial charge on any atom is -0.382 e. The van der Waals surface area contributed by atoms with E-state index in [0.29, 0.717) is 36.3 Å². The van der Waals surface area contributed by atoms with Crippen molar-refractivity contribution < 1.29 is 14.3 Å². The third kappa shape index (κ3) is 5.67. The third-order valence-electron chi connectivity index (χ3n) is 2.73. The predicted octanol–water partition coefficient (Wildman–Crippen LogP) is 3.22. The number of nitrogens with one attached hydrogen (secondary N) is 1. The number of carbonyl (C=O) groups is 1. The minimum atomic E-state index is -0.201. The average Bonchev–Trinajstić information content (AvgIpc) is 2.41. The smallest absolute Gasteiger partial charge is 0.222 e. The van der Waals surface area contributed by atoms with Crippen molar-refractivity contribution >= 4 is 29.1 Å². The Balaban J connectivity index is 2.39. The number of methoxy groups -OCH3 is 1. The quantitative estimate of drug-likeness (QED) is 0.748. The fourth-order valence-corrected chi connectivity index (χ4v) is 2.13. The zero-order valence-electron chi connectivity index (χ0n) is 11.6. The fraction of sp³-hybridized carbons (Fsp3) is 0.500. The van der Waals surface area contributed by atoms with Crippen LogP contribution in [0.15, 0.2) is 18.2 Å². The molecule has 0 saturated heterocycles. The van der Waals surface area contributed by atoms with Gasteiger partial charge in [-0.3, -0.25) is 4.79 Å². The molecule has 0 fully saturated rings. The largest absolute Gasteiger partial charge is 0.382 e. The zero-order valence-corrected chi connectivity index (χ0v) is 13.1. The molecule has 4 nitrogen and oxygen atoms in total. The Labute approximate surface area is 129 Å². The molecule has 1 rings (SSSR count). The van der Waals surface area contributed by atoms with E-state index in [2.05, 4.69) is 5.32 Å². The van der Waals surface area contributed by atoms with E-state index in [1.54, 1.807) is 19.2 Å². The van der Waals surface area contributed by atoms with Crippen LogP contribution in [0.5, 0.6) is 0 Å². The van der Waals surface area contributed by atoms with Crippen LogP contribution in [0.3, 0.4) is 0 Å². The first-order valence-corrected chi connectivity index (χ1v) is 7.11. The molecule has 0 aromatic heterocycles. The number of rotatable bonds is 8. The van der Waals surface area contributed by atoms with Gasteiger partial charge in [0.15, 0.2) is 0 Å². The van der Waals surface area contributed by atoms with E-state index in [9.17, 15) is 4.79 Å². The first-order valence-electron chi connectivity index (χ1n) is 6.36. The Morgan fingerprint density at radius 3 is 2.75 bits per heavy atom. The van der Waals surface area contributed by atoms with Crippen molar-refractivity contribution in [3.63, 3.8) is 0 Å². The summed E-state index contributed by atoms with van der Waals surface area (Å²) in [5, 5.41) is 3.81. The van der Waals surface area contributed by atoms with Crippen LogP contribution in [0.2, 0.25) is 10.0 Å². The van der Waals surface area contributed by atoms with Gasteiger partial charge in [0, 0.05) is 13.5 Å². The van der Waals surface area contributed by atoms with E-state index in [-0.39, 0.29) is 11.9 Å². The maximum atomic E-state index is 11.8. The molecule has 0 spiro atoms. The first-order chi connectivity index (χ1) is 9.56. The number of amides is 1. The molecule has 0 aliphatic carbocycles. The van der Waals surface area contributed by atoms with Crippen molar-refractivity contribution in [2.75, 3.05) is 26.9 Å². The molecule has 0 aliphatic heterocycles. The lowest BCUT2D eigenvalue weighted by molar-refractivity contribution is -0.122. The van der Waals surface area contributed by atoms with Crippen LogP contribution < -0.4 is 5.32 Å². The molecule has 6 heteroatoms. The number of carbonyl (C=O) groups excluding carboxylic acids is 1. The van der Waals surface area contributed by atoms with E-state index >= 15 is 0 Å². The zero-order chi connectivity index (χ0) is 15.0. The lowest BCUT2D eigenvalue weighted by Gasteiger charge is -2.16. The molecule has 0 heterocycles. The van der Waals surface area contributed by atoms with Crippen molar-refractivity contribution in [3.05, 3.63) is 33.8 Å². The van der Waals surface area contributed by atoms with Crippen LogP contribution in [0.1, 0.15) is 24.9 Å². The monoisotopic (exact) mass is 319 g/mol. The Bertz CT molecular complexity index is 440. The summed E-state index contributed by atoms with van der Waals surface area (Å²) in [5.74, 6) is -0.0917. The molecule has 1 aromatic carbocycles. The molecule has 1 N–H and O–H groups in total. The van der Waals surface area contributed by atoms with Gasteiger partial charge in [-0.1, -0.05) is 35.3 Å². The van der Waals surface area contributed by atoms with Crippen molar-refractivity contribution in [1.29, 1.82) is 0 Å². The third-order valence-corrected chi connectivity index (χ3v) is 3.56. The summed E-state index contributed by atoms with van der Waals surface area (Å²) in [5.41, 5.74) is 0.799. The summed E-state index contributed by atoms with van der Waals surface area (Å²) < 4.78 is 10.1. The second-order valence-electron chi connectivity index (χ2n) is 4.29. The van der Waals surface area contributed by atoms with Crippen LogP contribution in [0.25, 0.3) is 0 Å². The van der Waals surface area contributed by atoms with E-state index in [0.717, 1.165) is 5.56 Å². The molecular weight excluding hydrogens is 301 g/mol. The topological polar surface area (TPSA) is 47.6 Å². The molecule has 1 amide bonds. The van der Waals surface area contributed by atoms with Crippen molar-refractivity contribution in [1.82, 2.24) is 5.32 Å². The van der Waals surface area contributed by atoms with Gasteiger partial charge in [-0.15, -0.1) is 0 Å². The molecule has 0 unspecified atom stereocenters. The summed E-state index contributed by atoms with van der Waals surface area (Å²) in [6.07, 6.45) is 0.298. The summed E-state index contributed by atoms with van der Waals surface area (Å²) in [6.45, 7) is 3.24. The molecule has 20 heavy (non-hydrogen) atoms. The molecular formula is C14H19Cl2NO3. The number of benzene rings is 1. The van der Waals surface area contributed by atoms with Gasteiger partial charge in [0.2, 0.25) is 5.91 Å². The van der Waals surface area contributed by atoms with Gasteiger partial charge in [0.25, 0.3) is 0 Å². The number of hydrogen-bond donors (Lipinski definition) is 1. The van der Waals surface area contributed by atoms with Gasteiger partial charge in [-0.05, 0) is 18.6 Å². The van der Waals surface area contributed by atoms with E-state index in [1.807, 2.05) is 13.0 Å². The molecule has 1 atom stereocenters. The van der Waals surface area contributed by atoms with Crippen LogP contribution in [0.4, 0.5) is 0 Å². The summed E-state index contributed by atoms with van der Waals surface area (Å²) in [4.78, 5) is 11.8. The van der Waals surface area contributed by atoms with Crippen LogP contribution in [0, 0.1) is 0 Å². The standard InChI is InChI=1S/C14H19Cl2NO3/c1-10(11-4-3-5-12(15)14(11)16)17-13(18)6-7-20-9-8-19-2/h3-5,10H,6-9H2,1-2H3,(H,17,18)/t10-/m0/s1. The normalized spacial score (nSPS) is 12.2. The number of hydrogen-bond acceptors (Lipinski definition) is 3. The Hall–Kier alpha value is -0.810. The summed E-state index contributed by atoms with van der Waals surface area (Å²) in [6, 6.07) is 5.16. The maximum absolute atomic E-state index is 11.8. The van der Waals surface area contributed by atoms with Crippen LogP contribution in [-0.2, 0) is 14.3 Å². The highest BCUT2D eigenvalue weighted by Crippen LogP contribution is 2.29. The molecule has 0 bridgehead atoms. The minimum absolute atomic E-state index is 0.0917. The highest BCUT2D eigenvalue weighted by molar-refractivity contribution is 6.42. The lowest BCUT2D eigenvalue weighted by atomic mass is 10.1. The van der Waals surface area contributed by atoms with Crippen molar-refractivity contribution in [2.24, 2.45) is 0 Å².